The van der Waals surface area contributed by atoms with Crippen molar-refractivity contribution in [1.82, 2.24) is 9.78 Å². The molecule has 7 nitrogen and oxygen atoms in total. The molecule has 1 heterocycles. The van der Waals surface area contributed by atoms with Crippen LogP contribution in [0.15, 0.2) is 115 Å². The van der Waals surface area contributed by atoms with E-state index in [-0.39, 0.29) is 36.0 Å². The van der Waals surface area contributed by atoms with Crippen molar-refractivity contribution in [1.29, 1.82) is 0 Å². The van der Waals surface area contributed by atoms with E-state index in [1.54, 1.807) is 12.1 Å². The molecule has 5 aromatic rings. The Balaban J connectivity index is 1.36. The second kappa shape index (κ2) is 16.9. The van der Waals surface area contributed by atoms with Gasteiger partial charge in [-0.3, -0.25) is 9.36 Å². The summed E-state index contributed by atoms with van der Waals surface area (Å²) in [6.07, 6.45) is 0.0400. The Bertz CT molecular complexity index is 1860. The maximum absolute atomic E-state index is 14.0. The Morgan fingerprint density at radius 3 is 1.94 bits per heavy atom. The zero-order chi connectivity index (χ0) is 36.6. The molecule has 0 aliphatic carbocycles. The van der Waals surface area contributed by atoms with Crippen molar-refractivity contribution in [2.24, 2.45) is 0 Å². The monoisotopic (exact) mass is 726 g/mol. The van der Waals surface area contributed by atoms with E-state index in [0.717, 1.165) is 38.6 Å². The molecule has 4 aromatic carbocycles. The predicted octanol–water partition coefficient (Wildman–Crippen LogP) is 8.65. The summed E-state index contributed by atoms with van der Waals surface area (Å²) in [4.78, 5) is 12.2. The third kappa shape index (κ3) is 9.03. The zero-order valence-corrected chi connectivity index (χ0v) is 32.0. The normalized spacial score (nSPS) is 13.3. The Labute approximate surface area is 302 Å². The molecule has 10 heteroatoms. The third-order valence-electron chi connectivity index (χ3n) is 9.07. The van der Waals surface area contributed by atoms with Gasteiger partial charge < -0.3 is 14.1 Å². The zero-order valence-electron chi connectivity index (χ0n) is 30.0. The molecule has 5 rings (SSSR count). The molecule has 268 valence electrons. The van der Waals surface area contributed by atoms with Gasteiger partial charge in [0.05, 0.1) is 36.2 Å². The lowest BCUT2D eigenvalue weighted by molar-refractivity contribution is -0.138. The van der Waals surface area contributed by atoms with E-state index in [9.17, 15) is 18.9 Å². The molecule has 0 fully saturated rings. The molecular formula is C41H48FN2O5PSi. The van der Waals surface area contributed by atoms with Gasteiger partial charge in [-0.15, -0.1) is 0 Å². The number of carboxylic acids is 1. The highest BCUT2D eigenvalue weighted by molar-refractivity contribution is 7.39. The first-order valence-electron chi connectivity index (χ1n) is 17.5. The van der Waals surface area contributed by atoms with Gasteiger partial charge in [-0.1, -0.05) is 113 Å². The van der Waals surface area contributed by atoms with Gasteiger partial charge in [0.2, 0.25) is 0 Å². The molecule has 2 atom stereocenters. The molecule has 0 spiro atoms. The summed E-state index contributed by atoms with van der Waals surface area (Å²) in [7, 11) is -5.76. The van der Waals surface area contributed by atoms with Gasteiger partial charge in [0.25, 0.3) is 8.32 Å². The van der Waals surface area contributed by atoms with Gasteiger partial charge in [0.15, 0.2) is 8.03 Å². The van der Waals surface area contributed by atoms with Crippen LogP contribution in [0, 0.1) is 5.82 Å². The van der Waals surface area contributed by atoms with Crippen LogP contribution in [0.4, 0.5) is 4.39 Å². The van der Waals surface area contributed by atoms with Crippen molar-refractivity contribution in [3.05, 3.63) is 132 Å². The van der Waals surface area contributed by atoms with E-state index in [4.69, 9.17) is 14.0 Å². The minimum atomic E-state index is -3.09. The van der Waals surface area contributed by atoms with Crippen molar-refractivity contribution in [2.75, 3.05) is 12.8 Å². The van der Waals surface area contributed by atoms with Crippen LogP contribution in [0.2, 0.25) is 5.04 Å². The summed E-state index contributed by atoms with van der Waals surface area (Å²) >= 11 is 0. The number of aliphatic carboxylic acids is 1. The molecule has 1 unspecified atom stereocenters. The lowest BCUT2D eigenvalue weighted by atomic mass is 9.97. The fourth-order valence-electron chi connectivity index (χ4n) is 6.81. The Morgan fingerprint density at radius 2 is 1.43 bits per heavy atom. The minimum absolute atomic E-state index is 0.00846. The number of nitrogens with zero attached hydrogens (tertiary/aromatic N) is 2. The molecule has 1 N–H and O–H groups in total. The number of hydrogen-bond acceptors (Lipinski definition) is 5. The van der Waals surface area contributed by atoms with Crippen LogP contribution in [-0.2, 0) is 24.7 Å². The highest BCUT2D eigenvalue weighted by Crippen LogP contribution is 2.39. The number of rotatable bonds is 16. The van der Waals surface area contributed by atoms with Crippen molar-refractivity contribution < 1.29 is 27.8 Å². The van der Waals surface area contributed by atoms with Gasteiger partial charge >= 0.3 is 5.97 Å². The first-order chi connectivity index (χ1) is 24.4. The van der Waals surface area contributed by atoms with Crippen molar-refractivity contribution in [3.63, 3.8) is 0 Å². The minimum Gasteiger partial charge on any atom is -0.481 e. The molecule has 0 bridgehead atoms. The highest BCUT2D eigenvalue weighted by Gasteiger charge is 2.51. The lowest BCUT2D eigenvalue weighted by Crippen LogP contribution is -2.68. The number of hydrogen-bond donors (Lipinski definition) is 1. The SMILES string of the molecule is CC(C)c1nn(-c2ccccc2)c(-c2ccc(F)cc2)c1CCCO[PH](=O)C[C@H](CC(=O)O)O[Si](c1ccccc1)(c1ccccc1)C(C)(C)C. The molecule has 0 aliphatic heterocycles. The molecule has 0 aliphatic rings. The molecular weight excluding hydrogens is 679 g/mol. The smallest absolute Gasteiger partial charge is 0.305 e. The van der Waals surface area contributed by atoms with Crippen LogP contribution >= 0.6 is 8.03 Å². The average Bonchev–Trinajstić information content (AvgIpc) is 3.49. The summed E-state index contributed by atoms with van der Waals surface area (Å²) < 4.78 is 42.5. The van der Waals surface area contributed by atoms with Gasteiger partial charge in [-0.25, -0.2) is 9.07 Å². The van der Waals surface area contributed by atoms with Crippen LogP contribution < -0.4 is 10.4 Å². The third-order valence-corrected chi connectivity index (χ3v) is 15.5. The van der Waals surface area contributed by atoms with Crippen molar-refractivity contribution in [3.8, 4) is 16.9 Å². The number of para-hydroxylation sites is 1. The summed E-state index contributed by atoms with van der Waals surface area (Å²) in [6, 6.07) is 36.3. The number of halogens is 1. The number of benzene rings is 4. The Hall–Kier alpha value is -4.14. The maximum Gasteiger partial charge on any atom is 0.305 e. The van der Waals surface area contributed by atoms with Gasteiger partial charge in [-0.2, -0.15) is 5.10 Å². The molecule has 1 aromatic heterocycles. The fraction of sp³-hybridized carbons (Fsp3) is 0.317. The van der Waals surface area contributed by atoms with E-state index >= 15 is 0 Å². The summed E-state index contributed by atoms with van der Waals surface area (Å²) in [5.74, 6) is -1.20. The molecule has 0 saturated heterocycles. The van der Waals surface area contributed by atoms with Crippen molar-refractivity contribution >= 4 is 32.7 Å². The summed E-state index contributed by atoms with van der Waals surface area (Å²) in [5, 5.41) is 16.6. The average molecular weight is 727 g/mol. The van der Waals surface area contributed by atoms with E-state index in [1.807, 2.05) is 95.7 Å². The molecule has 0 amide bonds. The number of carboxylic acid groups (broad SMARTS) is 1. The Kier molecular flexibility index (Phi) is 12.6. The number of carbonyl (C=O) groups is 1. The second-order valence-corrected chi connectivity index (χ2v) is 19.8. The van der Waals surface area contributed by atoms with Gasteiger partial charge in [0, 0.05) is 17.3 Å². The van der Waals surface area contributed by atoms with Crippen LogP contribution in [0.5, 0.6) is 0 Å². The first-order valence-corrected chi connectivity index (χ1v) is 20.9. The van der Waals surface area contributed by atoms with E-state index in [1.165, 1.54) is 12.1 Å². The van der Waals surface area contributed by atoms with Crippen LogP contribution in [0.1, 0.15) is 64.6 Å². The van der Waals surface area contributed by atoms with E-state index < -0.39 is 28.4 Å². The van der Waals surface area contributed by atoms with Crippen LogP contribution in [0.25, 0.3) is 16.9 Å². The van der Waals surface area contributed by atoms with Crippen LogP contribution in [-0.4, -0.2) is 48.0 Å². The summed E-state index contributed by atoms with van der Waals surface area (Å²) in [5.41, 5.74) is 4.60. The second-order valence-electron chi connectivity index (χ2n) is 14.2. The molecule has 51 heavy (non-hydrogen) atoms. The van der Waals surface area contributed by atoms with Crippen molar-refractivity contribution in [2.45, 2.75) is 70.9 Å². The number of aromatic nitrogens is 2. The lowest BCUT2D eigenvalue weighted by Gasteiger charge is -2.45. The molecule has 0 radical (unpaired) electrons. The van der Waals surface area contributed by atoms with Gasteiger partial charge in [-0.05, 0) is 70.6 Å². The quantitative estimate of drug-likeness (QED) is 0.0622. The first kappa shape index (κ1) is 38.1. The van der Waals surface area contributed by atoms with E-state index in [2.05, 4.69) is 34.6 Å². The maximum atomic E-state index is 14.0. The standard InChI is InChI=1S/C41H48FN2O5PSi/c1-30(2)39-37(40(31-23-25-32(42)26-24-31)44(43-39)33-16-9-6-10-17-33)22-15-27-48-50(47)29-34(28-38(45)46)49-51(41(3,4)5,35-18-11-7-12-19-35)36-20-13-8-14-21-36/h6-14,16-21,23-26,30,34,50H,15,22,27-29H2,1-5H3,(H,45,46)/t34-/m0/s1. The van der Waals surface area contributed by atoms with E-state index in [0.29, 0.717) is 12.8 Å². The van der Waals surface area contributed by atoms with Crippen LogP contribution in [0.3, 0.4) is 0 Å². The topological polar surface area (TPSA) is 90.7 Å². The highest BCUT2D eigenvalue weighted by atomic mass is 31.1. The predicted molar refractivity (Wildman–Crippen MR) is 206 cm³/mol. The fourth-order valence-corrected chi connectivity index (χ4v) is 12.7. The molecule has 0 saturated carbocycles. The van der Waals surface area contributed by atoms with Gasteiger partial charge in [0.1, 0.15) is 5.82 Å². The Morgan fingerprint density at radius 1 is 0.882 bits per heavy atom. The summed E-state index contributed by atoms with van der Waals surface area (Å²) in [6.45, 7) is 10.8. The largest absolute Gasteiger partial charge is 0.481 e.